The zero-order valence-corrected chi connectivity index (χ0v) is 17.4. The second kappa shape index (κ2) is 7.70. The molecule has 1 atom stereocenters. The van der Waals surface area contributed by atoms with Crippen LogP contribution in [0.25, 0.3) is 22.3 Å². The SMILES string of the molecule is CNC(c1ccc(-c2cc(C)c(C)c(-c3ccccc3)c2)cc1)C(C)(C)C. The van der Waals surface area contributed by atoms with Gasteiger partial charge in [-0.1, -0.05) is 81.4 Å². The van der Waals surface area contributed by atoms with Crippen molar-refractivity contribution in [1.29, 1.82) is 0 Å². The van der Waals surface area contributed by atoms with Crippen molar-refractivity contribution in [1.82, 2.24) is 5.32 Å². The second-order valence-corrected chi connectivity index (χ2v) is 8.54. The molecular weight excluding hydrogens is 326 g/mol. The van der Waals surface area contributed by atoms with Crippen molar-refractivity contribution in [2.24, 2.45) is 5.41 Å². The third-order valence-electron chi connectivity index (χ3n) is 5.48. The number of nitrogens with one attached hydrogen (secondary N) is 1. The van der Waals surface area contributed by atoms with Gasteiger partial charge in [0.1, 0.15) is 0 Å². The molecule has 3 aromatic carbocycles. The van der Waals surface area contributed by atoms with E-state index in [2.05, 4.69) is 107 Å². The molecule has 27 heavy (non-hydrogen) atoms. The average Bonchev–Trinajstić information content (AvgIpc) is 2.64. The smallest absolute Gasteiger partial charge is 0.0366 e. The highest BCUT2D eigenvalue weighted by Gasteiger charge is 2.24. The summed E-state index contributed by atoms with van der Waals surface area (Å²) in [6, 6.07) is 24.7. The topological polar surface area (TPSA) is 12.0 Å². The fourth-order valence-electron chi connectivity index (χ4n) is 3.91. The van der Waals surface area contributed by atoms with E-state index < -0.39 is 0 Å². The van der Waals surface area contributed by atoms with E-state index in [4.69, 9.17) is 0 Å². The Bertz CT molecular complexity index is 899. The summed E-state index contributed by atoms with van der Waals surface area (Å²) in [7, 11) is 2.04. The van der Waals surface area contributed by atoms with Crippen molar-refractivity contribution in [3.63, 3.8) is 0 Å². The van der Waals surface area contributed by atoms with Gasteiger partial charge in [0.15, 0.2) is 0 Å². The number of hydrogen-bond acceptors (Lipinski definition) is 1. The molecule has 0 aromatic heterocycles. The van der Waals surface area contributed by atoms with Crippen LogP contribution >= 0.6 is 0 Å². The van der Waals surface area contributed by atoms with E-state index in [-0.39, 0.29) is 5.41 Å². The summed E-state index contributed by atoms with van der Waals surface area (Å²) in [6.07, 6.45) is 0. The van der Waals surface area contributed by atoms with E-state index in [0.717, 1.165) is 0 Å². The molecule has 3 aromatic rings. The van der Waals surface area contributed by atoms with Gasteiger partial charge in [0, 0.05) is 6.04 Å². The van der Waals surface area contributed by atoms with Crippen LogP contribution in [0.2, 0.25) is 0 Å². The maximum absolute atomic E-state index is 3.46. The van der Waals surface area contributed by atoms with Gasteiger partial charge < -0.3 is 5.32 Å². The lowest BCUT2D eigenvalue weighted by molar-refractivity contribution is 0.287. The van der Waals surface area contributed by atoms with Crippen LogP contribution < -0.4 is 5.32 Å². The van der Waals surface area contributed by atoms with E-state index in [1.807, 2.05) is 7.05 Å². The van der Waals surface area contributed by atoms with Crippen molar-refractivity contribution in [2.45, 2.75) is 40.7 Å². The van der Waals surface area contributed by atoms with Gasteiger partial charge in [0.25, 0.3) is 0 Å². The Kier molecular flexibility index (Phi) is 5.53. The predicted octanol–water partition coefficient (Wildman–Crippen LogP) is 6.94. The molecular formula is C26H31N. The minimum Gasteiger partial charge on any atom is -0.313 e. The van der Waals surface area contributed by atoms with Crippen LogP contribution in [-0.2, 0) is 0 Å². The molecule has 0 aliphatic carbocycles. The molecule has 0 heterocycles. The van der Waals surface area contributed by atoms with Crippen LogP contribution in [0, 0.1) is 19.3 Å². The maximum Gasteiger partial charge on any atom is 0.0366 e. The van der Waals surface area contributed by atoms with Gasteiger partial charge in [0.2, 0.25) is 0 Å². The van der Waals surface area contributed by atoms with Crippen molar-refractivity contribution in [2.75, 3.05) is 7.05 Å². The van der Waals surface area contributed by atoms with Crippen LogP contribution in [0.5, 0.6) is 0 Å². The molecule has 0 saturated heterocycles. The Morgan fingerprint density at radius 3 is 1.93 bits per heavy atom. The number of aryl methyl sites for hydroxylation is 1. The molecule has 0 aliphatic rings. The molecule has 0 bridgehead atoms. The predicted molar refractivity (Wildman–Crippen MR) is 118 cm³/mol. The lowest BCUT2D eigenvalue weighted by Crippen LogP contribution is -2.29. The number of benzene rings is 3. The second-order valence-electron chi connectivity index (χ2n) is 8.54. The first-order chi connectivity index (χ1) is 12.8. The Morgan fingerprint density at radius 2 is 1.37 bits per heavy atom. The molecule has 0 radical (unpaired) electrons. The highest BCUT2D eigenvalue weighted by atomic mass is 14.9. The molecule has 1 unspecified atom stereocenters. The molecule has 0 amide bonds. The third kappa shape index (κ3) is 4.14. The van der Waals surface area contributed by atoms with E-state index in [1.165, 1.54) is 38.9 Å². The Hall–Kier alpha value is -2.38. The van der Waals surface area contributed by atoms with Gasteiger partial charge >= 0.3 is 0 Å². The largest absolute Gasteiger partial charge is 0.313 e. The average molecular weight is 358 g/mol. The van der Waals surface area contributed by atoms with Gasteiger partial charge in [-0.3, -0.25) is 0 Å². The third-order valence-corrected chi connectivity index (χ3v) is 5.48. The zero-order chi connectivity index (χ0) is 19.6. The van der Waals surface area contributed by atoms with Gasteiger partial charge in [-0.2, -0.15) is 0 Å². The molecule has 1 heteroatoms. The molecule has 0 saturated carbocycles. The number of rotatable bonds is 4. The summed E-state index contributed by atoms with van der Waals surface area (Å²) >= 11 is 0. The summed E-state index contributed by atoms with van der Waals surface area (Å²) in [5.74, 6) is 0. The molecule has 1 N–H and O–H groups in total. The van der Waals surface area contributed by atoms with Crippen LogP contribution in [0.4, 0.5) is 0 Å². The van der Waals surface area contributed by atoms with Crippen LogP contribution in [-0.4, -0.2) is 7.05 Å². The maximum atomic E-state index is 3.46. The van der Waals surface area contributed by atoms with Crippen LogP contribution in [0.15, 0.2) is 66.7 Å². The summed E-state index contributed by atoms with van der Waals surface area (Å²) in [4.78, 5) is 0. The first kappa shape index (κ1) is 19.4. The highest BCUT2D eigenvalue weighted by Crippen LogP contribution is 2.35. The summed E-state index contributed by atoms with van der Waals surface area (Å²) in [5, 5.41) is 3.46. The molecule has 0 spiro atoms. The lowest BCUT2D eigenvalue weighted by atomic mass is 9.82. The van der Waals surface area contributed by atoms with Crippen molar-refractivity contribution >= 4 is 0 Å². The summed E-state index contributed by atoms with van der Waals surface area (Å²) in [6.45, 7) is 11.2. The van der Waals surface area contributed by atoms with Crippen molar-refractivity contribution in [3.05, 3.63) is 83.4 Å². The van der Waals surface area contributed by atoms with Gasteiger partial charge in [-0.15, -0.1) is 0 Å². The Balaban J connectivity index is 2.01. The number of hydrogen-bond donors (Lipinski definition) is 1. The first-order valence-corrected chi connectivity index (χ1v) is 9.75. The zero-order valence-electron chi connectivity index (χ0n) is 17.4. The van der Waals surface area contributed by atoms with Gasteiger partial charge in [-0.25, -0.2) is 0 Å². The quantitative estimate of drug-likeness (QED) is 0.533. The minimum absolute atomic E-state index is 0.178. The van der Waals surface area contributed by atoms with Crippen LogP contribution in [0.1, 0.15) is 43.5 Å². The minimum atomic E-state index is 0.178. The van der Waals surface area contributed by atoms with Crippen molar-refractivity contribution in [3.8, 4) is 22.3 Å². The van der Waals surface area contributed by atoms with E-state index in [9.17, 15) is 0 Å². The summed E-state index contributed by atoms with van der Waals surface area (Å²) < 4.78 is 0. The van der Waals surface area contributed by atoms with Gasteiger partial charge in [0.05, 0.1) is 0 Å². The van der Waals surface area contributed by atoms with Crippen molar-refractivity contribution < 1.29 is 0 Å². The standard InChI is InChI=1S/C26H31N/c1-18-16-23(17-24(19(18)2)21-10-8-7-9-11-21)20-12-14-22(15-13-20)25(27-6)26(3,4)5/h7-17,25,27H,1-6H3. The Morgan fingerprint density at radius 1 is 0.741 bits per heavy atom. The molecule has 140 valence electrons. The van der Waals surface area contributed by atoms with Gasteiger partial charge in [-0.05, 0) is 71.3 Å². The van der Waals surface area contributed by atoms with E-state index in [0.29, 0.717) is 6.04 Å². The van der Waals surface area contributed by atoms with E-state index >= 15 is 0 Å². The molecule has 0 aliphatic heterocycles. The molecule has 0 fully saturated rings. The van der Waals surface area contributed by atoms with E-state index in [1.54, 1.807) is 0 Å². The molecule has 1 nitrogen and oxygen atoms in total. The molecule has 3 rings (SSSR count). The summed E-state index contributed by atoms with van der Waals surface area (Å²) in [5.41, 5.74) is 9.33. The van der Waals surface area contributed by atoms with Crippen LogP contribution in [0.3, 0.4) is 0 Å². The highest BCUT2D eigenvalue weighted by molar-refractivity contribution is 5.77. The monoisotopic (exact) mass is 357 g/mol. The fourth-order valence-corrected chi connectivity index (χ4v) is 3.91. The normalized spacial score (nSPS) is 12.8. The lowest BCUT2D eigenvalue weighted by Gasteiger charge is -2.31. The Labute approximate surface area is 164 Å². The first-order valence-electron chi connectivity index (χ1n) is 9.75. The fraction of sp³-hybridized carbons (Fsp3) is 0.308.